The van der Waals surface area contributed by atoms with Crippen LogP contribution < -0.4 is 10.5 Å². The van der Waals surface area contributed by atoms with E-state index in [9.17, 15) is 0 Å². The lowest BCUT2D eigenvalue weighted by atomic mass is 9.87. The largest absolute Gasteiger partial charge is 0.497 e. The smallest absolute Gasteiger partial charge is 0.119 e. The first-order valence-electron chi connectivity index (χ1n) is 6.88. The fourth-order valence-electron chi connectivity index (χ4n) is 2.66. The standard InChI is InChI=1S/C16H17ClN2OS/c1-20-11-5-6-12-10(9-11)4-7-14(15(12)18)21-16-13(17)3-2-8-19-16/h2-3,5-6,8-9,14-15H,4,7,18H2,1H3. The van der Waals surface area contributed by atoms with E-state index in [1.54, 1.807) is 25.1 Å². The number of hydrogen-bond donors (Lipinski definition) is 1. The molecule has 3 rings (SSSR count). The molecule has 0 spiro atoms. The summed E-state index contributed by atoms with van der Waals surface area (Å²) in [7, 11) is 1.69. The summed E-state index contributed by atoms with van der Waals surface area (Å²) < 4.78 is 5.28. The number of thioether (sulfide) groups is 1. The number of aromatic nitrogens is 1. The molecule has 1 aliphatic carbocycles. The second-order valence-electron chi connectivity index (χ2n) is 5.08. The van der Waals surface area contributed by atoms with Gasteiger partial charge in [0.1, 0.15) is 10.8 Å². The highest BCUT2D eigenvalue weighted by Crippen LogP contribution is 2.40. The van der Waals surface area contributed by atoms with Gasteiger partial charge in [-0.25, -0.2) is 4.98 Å². The lowest BCUT2D eigenvalue weighted by Gasteiger charge is -2.30. The van der Waals surface area contributed by atoms with Crippen molar-refractivity contribution in [3.8, 4) is 5.75 Å². The van der Waals surface area contributed by atoms with Crippen molar-refractivity contribution >= 4 is 23.4 Å². The molecule has 0 saturated heterocycles. The molecule has 110 valence electrons. The maximum Gasteiger partial charge on any atom is 0.119 e. The molecule has 1 aromatic heterocycles. The Bertz CT molecular complexity index is 650. The van der Waals surface area contributed by atoms with E-state index in [0.717, 1.165) is 23.6 Å². The Morgan fingerprint density at radius 3 is 3.00 bits per heavy atom. The summed E-state index contributed by atoms with van der Waals surface area (Å²) >= 11 is 7.86. The van der Waals surface area contributed by atoms with Crippen molar-refractivity contribution in [3.63, 3.8) is 0 Å². The molecule has 0 amide bonds. The minimum atomic E-state index is -0.0114. The van der Waals surface area contributed by atoms with Gasteiger partial charge in [-0.05, 0) is 48.2 Å². The van der Waals surface area contributed by atoms with E-state index >= 15 is 0 Å². The molecule has 3 nitrogen and oxygen atoms in total. The Hall–Kier alpha value is -1.23. The first-order valence-corrected chi connectivity index (χ1v) is 8.14. The zero-order valence-electron chi connectivity index (χ0n) is 11.8. The van der Waals surface area contributed by atoms with Gasteiger partial charge in [-0.2, -0.15) is 0 Å². The molecule has 0 fully saturated rings. The molecule has 21 heavy (non-hydrogen) atoms. The first-order chi connectivity index (χ1) is 10.2. The van der Waals surface area contributed by atoms with Crippen LogP contribution in [0.15, 0.2) is 41.6 Å². The van der Waals surface area contributed by atoms with E-state index in [2.05, 4.69) is 17.1 Å². The topological polar surface area (TPSA) is 48.1 Å². The summed E-state index contributed by atoms with van der Waals surface area (Å²) in [6.07, 6.45) is 3.78. The van der Waals surface area contributed by atoms with Crippen molar-refractivity contribution in [1.29, 1.82) is 0 Å². The number of halogens is 1. The molecule has 5 heteroatoms. The molecule has 0 saturated carbocycles. The zero-order chi connectivity index (χ0) is 14.8. The fourth-order valence-corrected chi connectivity index (χ4v) is 4.04. The lowest BCUT2D eigenvalue weighted by Crippen LogP contribution is -2.29. The number of nitrogens with zero attached hydrogens (tertiary/aromatic N) is 1. The Labute approximate surface area is 133 Å². The van der Waals surface area contributed by atoms with Crippen LogP contribution in [0.3, 0.4) is 0 Å². The van der Waals surface area contributed by atoms with Gasteiger partial charge in [-0.1, -0.05) is 29.4 Å². The van der Waals surface area contributed by atoms with Crippen LogP contribution in [0.4, 0.5) is 0 Å². The Balaban J connectivity index is 1.82. The van der Waals surface area contributed by atoms with Gasteiger partial charge in [0.2, 0.25) is 0 Å². The number of rotatable bonds is 3. The van der Waals surface area contributed by atoms with E-state index in [0.29, 0.717) is 10.3 Å². The highest BCUT2D eigenvalue weighted by molar-refractivity contribution is 8.00. The third-order valence-corrected chi connectivity index (χ3v) is 5.59. The highest BCUT2D eigenvalue weighted by Gasteiger charge is 2.28. The first kappa shape index (κ1) is 14.7. The quantitative estimate of drug-likeness (QED) is 0.933. The number of nitrogens with two attached hydrogens (primary N) is 1. The van der Waals surface area contributed by atoms with Gasteiger partial charge in [0.25, 0.3) is 0 Å². The molecular formula is C16H17ClN2OS. The average molecular weight is 321 g/mol. The number of benzene rings is 1. The second-order valence-corrected chi connectivity index (χ2v) is 6.71. The Morgan fingerprint density at radius 2 is 2.24 bits per heavy atom. The number of aryl methyl sites for hydroxylation is 1. The molecule has 0 bridgehead atoms. The summed E-state index contributed by atoms with van der Waals surface area (Å²) in [5, 5.41) is 1.84. The van der Waals surface area contributed by atoms with E-state index in [1.807, 2.05) is 18.2 Å². The minimum absolute atomic E-state index is 0.0114. The van der Waals surface area contributed by atoms with Crippen molar-refractivity contribution in [3.05, 3.63) is 52.7 Å². The normalized spacial score (nSPS) is 20.9. The van der Waals surface area contributed by atoms with Gasteiger partial charge >= 0.3 is 0 Å². The fraction of sp³-hybridized carbons (Fsp3) is 0.312. The number of methoxy groups -OCH3 is 1. The molecule has 0 radical (unpaired) electrons. The van der Waals surface area contributed by atoms with Crippen molar-refractivity contribution in [1.82, 2.24) is 4.98 Å². The maximum atomic E-state index is 6.45. The van der Waals surface area contributed by atoms with Crippen LogP contribution in [-0.2, 0) is 6.42 Å². The molecule has 2 atom stereocenters. The van der Waals surface area contributed by atoms with Gasteiger partial charge in [-0.15, -0.1) is 0 Å². The number of hydrogen-bond acceptors (Lipinski definition) is 4. The van der Waals surface area contributed by atoms with Crippen LogP contribution in [0.2, 0.25) is 5.02 Å². The van der Waals surface area contributed by atoms with E-state index in [1.165, 1.54) is 11.1 Å². The van der Waals surface area contributed by atoms with Crippen LogP contribution in [0.5, 0.6) is 5.75 Å². The zero-order valence-corrected chi connectivity index (χ0v) is 13.3. The van der Waals surface area contributed by atoms with Crippen LogP contribution in [-0.4, -0.2) is 17.3 Å². The highest BCUT2D eigenvalue weighted by atomic mass is 35.5. The summed E-state index contributed by atoms with van der Waals surface area (Å²) in [4.78, 5) is 4.35. The van der Waals surface area contributed by atoms with Crippen LogP contribution >= 0.6 is 23.4 Å². The molecule has 2 N–H and O–H groups in total. The summed E-state index contributed by atoms with van der Waals surface area (Å²) in [6.45, 7) is 0. The SMILES string of the molecule is COc1ccc2c(c1)CCC(Sc1ncccc1Cl)C2N. The predicted octanol–water partition coefficient (Wildman–Crippen LogP) is 3.85. The third kappa shape index (κ3) is 3.03. The van der Waals surface area contributed by atoms with E-state index in [-0.39, 0.29) is 6.04 Å². The van der Waals surface area contributed by atoms with Crippen molar-refractivity contribution in [2.24, 2.45) is 5.73 Å². The van der Waals surface area contributed by atoms with Crippen LogP contribution in [0, 0.1) is 0 Å². The van der Waals surface area contributed by atoms with Gasteiger partial charge < -0.3 is 10.5 Å². The van der Waals surface area contributed by atoms with Gasteiger partial charge in [0.15, 0.2) is 0 Å². The van der Waals surface area contributed by atoms with Crippen molar-refractivity contribution in [2.45, 2.75) is 29.2 Å². The van der Waals surface area contributed by atoms with Gasteiger partial charge in [-0.3, -0.25) is 0 Å². The van der Waals surface area contributed by atoms with E-state index in [4.69, 9.17) is 22.1 Å². The number of pyridine rings is 1. The molecular weight excluding hydrogens is 304 g/mol. The summed E-state index contributed by atoms with van der Waals surface area (Å²) in [5.41, 5.74) is 8.93. The number of ether oxygens (including phenoxy) is 1. The predicted molar refractivity (Wildman–Crippen MR) is 87.1 cm³/mol. The third-order valence-electron chi connectivity index (χ3n) is 3.80. The van der Waals surface area contributed by atoms with Gasteiger partial charge in [0.05, 0.1) is 12.1 Å². The summed E-state index contributed by atoms with van der Waals surface area (Å²) in [5.74, 6) is 0.889. The van der Waals surface area contributed by atoms with Crippen molar-refractivity contribution < 1.29 is 4.74 Å². The maximum absolute atomic E-state index is 6.45. The molecule has 1 heterocycles. The average Bonchev–Trinajstić information content (AvgIpc) is 2.51. The summed E-state index contributed by atoms with van der Waals surface area (Å²) in [6, 6.07) is 9.83. The molecule has 2 unspecified atom stereocenters. The van der Waals surface area contributed by atoms with Crippen molar-refractivity contribution in [2.75, 3.05) is 7.11 Å². The Kier molecular flexibility index (Phi) is 4.38. The molecule has 1 aromatic carbocycles. The number of fused-ring (bicyclic) bond motifs is 1. The van der Waals surface area contributed by atoms with E-state index < -0.39 is 0 Å². The molecule has 0 aliphatic heterocycles. The van der Waals surface area contributed by atoms with Crippen LogP contribution in [0.1, 0.15) is 23.6 Å². The second kappa shape index (κ2) is 6.26. The monoisotopic (exact) mass is 320 g/mol. The lowest BCUT2D eigenvalue weighted by molar-refractivity contribution is 0.413. The van der Waals surface area contributed by atoms with Crippen LogP contribution in [0.25, 0.3) is 0 Å². The minimum Gasteiger partial charge on any atom is -0.497 e. The van der Waals surface area contributed by atoms with Gasteiger partial charge in [0, 0.05) is 17.5 Å². The molecule has 1 aliphatic rings. The molecule has 2 aromatic rings. The Morgan fingerprint density at radius 1 is 1.38 bits per heavy atom.